The summed E-state index contributed by atoms with van der Waals surface area (Å²) in [5.74, 6) is 0.663. The normalized spacial score (nSPS) is 12.4. The second-order valence-corrected chi connectivity index (χ2v) is 7.89. The smallest absolute Gasteiger partial charge is 0.261 e. The third-order valence-electron chi connectivity index (χ3n) is 3.80. The van der Waals surface area contributed by atoms with E-state index in [4.69, 9.17) is 11.6 Å². The molecule has 1 atom stereocenters. The number of sulfonamides is 1. The Labute approximate surface area is 158 Å². The van der Waals surface area contributed by atoms with Gasteiger partial charge in [0.15, 0.2) is 0 Å². The van der Waals surface area contributed by atoms with Crippen LogP contribution in [0.3, 0.4) is 0 Å². The third-order valence-corrected chi connectivity index (χ3v) is 5.45. The zero-order valence-electron chi connectivity index (χ0n) is 14.1. The molecule has 5 nitrogen and oxygen atoms in total. The number of hydrogen-bond acceptors (Lipinski definition) is 4. The standard InChI is InChI=1S/C19H18ClN3O2S/c1-14(15-5-3-2-4-6-15)22-19-12-9-17(13-21-19)23-26(24,25)18-10-7-16(20)8-11-18/h2-14,23H,1H3,(H,21,22). The van der Waals surface area contributed by atoms with E-state index >= 15 is 0 Å². The van der Waals surface area contributed by atoms with Crippen molar-refractivity contribution in [3.63, 3.8) is 0 Å². The molecule has 0 fully saturated rings. The summed E-state index contributed by atoms with van der Waals surface area (Å²) in [6, 6.07) is 19.5. The highest BCUT2D eigenvalue weighted by Crippen LogP contribution is 2.21. The van der Waals surface area contributed by atoms with Crippen molar-refractivity contribution in [2.75, 3.05) is 10.0 Å². The zero-order chi connectivity index (χ0) is 18.6. The molecule has 0 aliphatic carbocycles. The van der Waals surface area contributed by atoms with E-state index in [0.717, 1.165) is 5.56 Å². The van der Waals surface area contributed by atoms with Crippen LogP contribution in [0.5, 0.6) is 0 Å². The first-order valence-electron chi connectivity index (χ1n) is 8.00. The van der Waals surface area contributed by atoms with Crippen LogP contribution in [0.25, 0.3) is 0 Å². The van der Waals surface area contributed by atoms with Gasteiger partial charge in [-0.25, -0.2) is 13.4 Å². The Bertz CT molecular complexity index is 960. The predicted molar refractivity (Wildman–Crippen MR) is 105 cm³/mol. The third kappa shape index (κ3) is 4.53. The molecule has 2 N–H and O–H groups in total. The molecule has 0 saturated heterocycles. The van der Waals surface area contributed by atoms with Crippen molar-refractivity contribution in [3.8, 4) is 0 Å². The Kier molecular flexibility index (Phi) is 5.44. The molecule has 0 aliphatic heterocycles. The quantitative estimate of drug-likeness (QED) is 0.642. The number of aromatic nitrogens is 1. The van der Waals surface area contributed by atoms with Crippen LogP contribution in [0.2, 0.25) is 5.02 Å². The number of benzene rings is 2. The number of nitrogens with one attached hydrogen (secondary N) is 2. The summed E-state index contributed by atoms with van der Waals surface area (Å²) in [4.78, 5) is 4.42. The van der Waals surface area contributed by atoms with Crippen molar-refractivity contribution >= 4 is 33.1 Å². The Morgan fingerprint density at radius 2 is 1.65 bits per heavy atom. The van der Waals surface area contributed by atoms with Crippen molar-refractivity contribution in [3.05, 3.63) is 83.5 Å². The van der Waals surface area contributed by atoms with E-state index in [2.05, 4.69) is 15.0 Å². The summed E-state index contributed by atoms with van der Waals surface area (Å²) in [6.07, 6.45) is 1.48. The van der Waals surface area contributed by atoms with E-state index in [0.29, 0.717) is 16.5 Å². The maximum Gasteiger partial charge on any atom is 0.261 e. The Hall–Kier alpha value is -2.57. The molecule has 3 rings (SSSR count). The van der Waals surface area contributed by atoms with Gasteiger partial charge in [-0.15, -0.1) is 0 Å². The van der Waals surface area contributed by atoms with Crippen LogP contribution in [0.15, 0.2) is 77.8 Å². The van der Waals surface area contributed by atoms with Crippen LogP contribution in [0.1, 0.15) is 18.5 Å². The lowest BCUT2D eigenvalue weighted by Crippen LogP contribution is -2.13. The second-order valence-electron chi connectivity index (χ2n) is 5.77. The maximum absolute atomic E-state index is 12.4. The van der Waals surface area contributed by atoms with Gasteiger partial charge >= 0.3 is 0 Å². The van der Waals surface area contributed by atoms with Crippen LogP contribution < -0.4 is 10.0 Å². The fourth-order valence-corrected chi connectivity index (χ4v) is 3.58. The minimum atomic E-state index is -3.68. The van der Waals surface area contributed by atoms with Crippen molar-refractivity contribution < 1.29 is 8.42 Å². The van der Waals surface area contributed by atoms with Crippen LogP contribution in [-0.2, 0) is 10.0 Å². The highest BCUT2D eigenvalue weighted by Gasteiger charge is 2.14. The van der Waals surface area contributed by atoms with Crippen molar-refractivity contribution in [2.45, 2.75) is 17.9 Å². The molecule has 134 valence electrons. The summed E-state index contributed by atoms with van der Waals surface area (Å²) in [6.45, 7) is 2.04. The molecule has 0 saturated carbocycles. The lowest BCUT2D eigenvalue weighted by molar-refractivity contribution is 0.601. The van der Waals surface area contributed by atoms with Gasteiger partial charge in [0, 0.05) is 11.1 Å². The van der Waals surface area contributed by atoms with E-state index in [-0.39, 0.29) is 10.9 Å². The van der Waals surface area contributed by atoms with Crippen molar-refractivity contribution in [1.82, 2.24) is 4.98 Å². The molecule has 0 aliphatic rings. The van der Waals surface area contributed by atoms with Crippen molar-refractivity contribution in [1.29, 1.82) is 0 Å². The summed E-state index contributed by atoms with van der Waals surface area (Å²) in [5.41, 5.74) is 1.53. The average molecular weight is 388 g/mol. The molecule has 1 heterocycles. The Morgan fingerprint density at radius 1 is 0.962 bits per heavy atom. The van der Waals surface area contributed by atoms with Crippen LogP contribution in [-0.4, -0.2) is 13.4 Å². The summed E-state index contributed by atoms with van der Waals surface area (Å²) >= 11 is 5.79. The number of rotatable bonds is 6. The monoisotopic (exact) mass is 387 g/mol. The molecule has 1 aromatic heterocycles. The fourth-order valence-electron chi connectivity index (χ4n) is 2.41. The van der Waals surface area contributed by atoms with Gasteiger partial charge in [0.05, 0.1) is 16.8 Å². The summed E-state index contributed by atoms with van der Waals surface area (Å²) < 4.78 is 27.2. The largest absolute Gasteiger partial charge is 0.364 e. The first kappa shape index (κ1) is 18.2. The minimum absolute atomic E-state index is 0.0836. The summed E-state index contributed by atoms with van der Waals surface area (Å²) in [7, 11) is -3.68. The van der Waals surface area contributed by atoms with Gasteiger partial charge in [0.1, 0.15) is 5.82 Å². The Balaban J connectivity index is 1.68. The minimum Gasteiger partial charge on any atom is -0.364 e. The molecule has 2 aromatic carbocycles. The molecule has 0 spiro atoms. The SMILES string of the molecule is CC(Nc1ccc(NS(=O)(=O)c2ccc(Cl)cc2)cn1)c1ccccc1. The van der Waals surface area contributed by atoms with E-state index in [1.807, 2.05) is 37.3 Å². The first-order chi connectivity index (χ1) is 12.4. The fraction of sp³-hybridized carbons (Fsp3) is 0.105. The lowest BCUT2D eigenvalue weighted by atomic mass is 10.1. The highest BCUT2D eigenvalue weighted by molar-refractivity contribution is 7.92. The van der Waals surface area contributed by atoms with Gasteiger partial charge in [-0.2, -0.15) is 0 Å². The predicted octanol–water partition coefficient (Wildman–Crippen LogP) is 4.71. The number of nitrogens with zero attached hydrogens (tertiary/aromatic N) is 1. The van der Waals surface area contributed by atoms with E-state index in [1.54, 1.807) is 12.1 Å². The molecule has 3 aromatic rings. The van der Waals surface area contributed by atoms with E-state index < -0.39 is 10.0 Å². The highest BCUT2D eigenvalue weighted by atomic mass is 35.5. The average Bonchev–Trinajstić information content (AvgIpc) is 2.64. The van der Waals surface area contributed by atoms with Crippen LogP contribution in [0, 0.1) is 0 Å². The number of pyridine rings is 1. The topological polar surface area (TPSA) is 71.1 Å². The molecule has 0 bridgehead atoms. The van der Waals surface area contributed by atoms with Gasteiger partial charge in [-0.05, 0) is 48.9 Å². The van der Waals surface area contributed by atoms with E-state index in [9.17, 15) is 8.42 Å². The van der Waals surface area contributed by atoms with Crippen LogP contribution >= 0.6 is 11.6 Å². The number of hydrogen-bond donors (Lipinski definition) is 2. The van der Waals surface area contributed by atoms with Gasteiger partial charge in [0.2, 0.25) is 0 Å². The number of anilines is 2. The number of halogens is 1. The molecular formula is C19H18ClN3O2S. The molecular weight excluding hydrogens is 370 g/mol. The summed E-state index contributed by atoms with van der Waals surface area (Å²) in [5, 5.41) is 3.76. The van der Waals surface area contributed by atoms with Gasteiger partial charge < -0.3 is 5.32 Å². The molecule has 0 radical (unpaired) electrons. The van der Waals surface area contributed by atoms with Crippen molar-refractivity contribution in [2.24, 2.45) is 0 Å². The molecule has 26 heavy (non-hydrogen) atoms. The maximum atomic E-state index is 12.4. The van der Waals surface area contributed by atoms with Gasteiger partial charge in [-0.1, -0.05) is 41.9 Å². The Morgan fingerprint density at radius 3 is 2.27 bits per heavy atom. The first-order valence-corrected chi connectivity index (χ1v) is 9.86. The lowest BCUT2D eigenvalue weighted by Gasteiger charge is -2.15. The molecule has 0 amide bonds. The molecule has 1 unspecified atom stereocenters. The molecule has 7 heteroatoms. The van der Waals surface area contributed by atoms with Gasteiger partial charge in [0.25, 0.3) is 10.0 Å². The van der Waals surface area contributed by atoms with Gasteiger partial charge in [-0.3, -0.25) is 4.72 Å². The van der Waals surface area contributed by atoms with E-state index in [1.165, 1.54) is 30.5 Å². The zero-order valence-corrected chi connectivity index (χ0v) is 15.6. The van der Waals surface area contributed by atoms with Crippen LogP contribution in [0.4, 0.5) is 11.5 Å². The second kappa shape index (κ2) is 7.76.